The van der Waals surface area contributed by atoms with Crippen molar-refractivity contribution in [1.82, 2.24) is 10.1 Å². The Kier molecular flexibility index (Phi) is 5.68. The Morgan fingerprint density at radius 1 is 1.06 bits per heavy atom. The summed E-state index contributed by atoms with van der Waals surface area (Å²) in [4.78, 5) is 39.1. The van der Waals surface area contributed by atoms with Crippen molar-refractivity contribution in [3.05, 3.63) is 46.8 Å². The summed E-state index contributed by atoms with van der Waals surface area (Å²) in [6.07, 6.45) is 7.35. The first-order chi connectivity index (χ1) is 15.6. The highest BCUT2D eigenvalue weighted by Gasteiger charge is 2.32. The minimum atomic E-state index is -0.403. The van der Waals surface area contributed by atoms with Crippen LogP contribution in [0, 0.1) is 5.92 Å². The number of aromatic nitrogens is 1. The second kappa shape index (κ2) is 8.76. The van der Waals surface area contributed by atoms with Crippen molar-refractivity contribution in [2.45, 2.75) is 57.5 Å². The Bertz CT molecular complexity index is 1040. The first-order valence-corrected chi connectivity index (χ1v) is 11.5. The van der Waals surface area contributed by atoms with Crippen LogP contribution in [0.3, 0.4) is 0 Å². The summed E-state index contributed by atoms with van der Waals surface area (Å²) < 4.78 is 10.3. The molecule has 32 heavy (non-hydrogen) atoms. The minimum absolute atomic E-state index is 0.0738. The monoisotopic (exact) mass is 437 g/mol. The number of fused-ring (bicyclic) bond motifs is 1. The van der Waals surface area contributed by atoms with Crippen LogP contribution in [0.2, 0.25) is 0 Å². The van der Waals surface area contributed by atoms with Crippen LogP contribution in [0.25, 0.3) is 0 Å². The number of esters is 1. The Morgan fingerprint density at radius 2 is 1.91 bits per heavy atom. The second-order valence-corrected chi connectivity index (χ2v) is 8.98. The van der Waals surface area contributed by atoms with Gasteiger partial charge in [-0.05, 0) is 43.9 Å². The molecule has 2 aromatic rings. The third-order valence-electron chi connectivity index (χ3n) is 6.80. The Balaban J connectivity index is 1.22. The van der Waals surface area contributed by atoms with Crippen LogP contribution in [0.5, 0.6) is 0 Å². The van der Waals surface area contributed by atoms with Gasteiger partial charge in [-0.25, -0.2) is 4.79 Å². The van der Waals surface area contributed by atoms with E-state index in [1.54, 1.807) is 24.3 Å². The first kappa shape index (κ1) is 20.7. The van der Waals surface area contributed by atoms with E-state index < -0.39 is 5.91 Å². The van der Waals surface area contributed by atoms with E-state index in [0.29, 0.717) is 23.5 Å². The highest BCUT2D eigenvalue weighted by atomic mass is 16.5. The van der Waals surface area contributed by atoms with Crippen LogP contribution in [0.4, 0.5) is 5.69 Å². The molecule has 2 aliphatic heterocycles. The fraction of sp³-hybridized carbons (Fsp3) is 0.500. The van der Waals surface area contributed by atoms with E-state index in [0.717, 1.165) is 50.6 Å². The molecule has 3 heterocycles. The number of amides is 2. The molecule has 1 saturated heterocycles. The molecule has 1 aromatic carbocycles. The van der Waals surface area contributed by atoms with E-state index in [1.807, 2.05) is 4.90 Å². The number of piperidine rings is 1. The van der Waals surface area contributed by atoms with E-state index in [4.69, 9.17) is 9.26 Å². The van der Waals surface area contributed by atoms with Gasteiger partial charge in [0.2, 0.25) is 11.7 Å². The van der Waals surface area contributed by atoms with Gasteiger partial charge in [-0.15, -0.1) is 0 Å². The van der Waals surface area contributed by atoms with Gasteiger partial charge in [-0.2, -0.15) is 0 Å². The maximum atomic E-state index is 12.9. The zero-order chi connectivity index (χ0) is 22.1. The maximum Gasteiger partial charge on any atom is 0.338 e. The third kappa shape index (κ3) is 4.13. The lowest BCUT2D eigenvalue weighted by atomic mass is 9.87. The Labute approximate surface area is 186 Å². The fourth-order valence-corrected chi connectivity index (χ4v) is 5.02. The smallest absolute Gasteiger partial charge is 0.338 e. The van der Waals surface area contributed by atoms with E-state index >= 15 is 0 Å². The molecule has 3 aliphatic rings. The van der Waals surface area contributed by atoms with Gasteiger partial charge >= 0.3 is 5.97 Å². The minimum Gasteiger partial charge on any atom is -0.457 e. The number of cyclic esters (lactones) is 1. The average molecular weight is 437 g/mol. The molecule has 0 bridgehead atoms. The maximum absolute atomic E-state index is 12.9. The molecule has 168 valence electrons. The van der Waals surface area contributed by atoms with Gasteiger partial charge < -0.3 is 19.5 Å². The van der Waals surface area contributed by atoms with Crippen LogP contribution < -0.4 is 5.32 Å². The number of nitrogens with one attached hydrogen (secondary N) is 1. The molecule has 2 fully saturated rings. The summed E-state index contributed by atoms with van der Waals surface area (Å²) in [5, 5.41) is 6.92. The lowest BCUT2D eigenvalue weighted by Gasteiger charge is -2.35. The van der Waals surface area contributed by atoms with Crippen LogP contribution >= 0.6 is 0 Å². The van der Waals surface area contributed by atoms with Crippen molar-refractivity contribution in [2.24, 2.45) is 5.92 Å². The first-order valence-electron chi connectivity index (χ1n) is 11.5. The molecule has 1 atom stereocenters. The van der Waals surface area contributed by atoms with Gasteiger partial charge in [0.1, 0.15) is 6.61 Å². The molecule has 8 nitrogen and oxygen atoms in total. The number of nitrogens with zero attached hydrogens (tertiary/aromatic N) is 2. The van der Waals surface area contributed by atoms with Gasteiger partial charge in [0.15, 0.2) is 0 Å². The molecule has 1 N–H and O–H groups in total. The topological polar surface area (TPSA) is 102 Å². The lowest BCUT2D eigenvalue weighted by molar-refractivity contribution is -0.137. The molecule has 0 radical (unpaired) electrons. The van der Waals surface area contributed by atoms with Crippen LogP contribution in [-0.2, 0) is 16.1 Å². The zero-order valence-corrected chi connectivity index (χ0v) is 18.0. The molecular weight excluding hydrogens is 410 g/mol. The van der Waals surface area contributed by atoms with Crippen LogP contribution in [-0.4, -0.2) is 40.9 Å². The van der Waals surface area contributed by atoms with Gasteiger partial charge in [0.25, 0.3) is 5.91 Å². The molecule has 2 amide bonds. The molecule has 5 rings (SSSR count). The molecule has 1 aromatic heterocycles. The number of likely N-dealkylation sites (tertiary alicyclic amines) is 1. The normalized spacial score (nSPS) is 21.2. The van der Waals surface area contributed by atoms with Crippen molar-refractivity contribution in [3.8, 4) is 0 Å². The van der Waals surface area contributed by atoms with Crippen molar-refractivity contribution in [3.63, 3.8) is 0 Å². The van der Waals surface area contributed by atoms with Crippen molar-refractivity contribution in [2.75, 3.05) is 18.4 Å². The van der Waals surface area contributed by atoms with E-state index in [-0.39, 0.29) is 36.1 Å². The molecular formula is C24H27N3O5. The number of hydrogen-bond acceptors (Lipinski definition) is 6. The molecule has 8 heteroatoms. The van der Waals surface area contributed by atoms with Gasteiger partial charge in [-0.1, -0.05) is 24.4 Å². The number of anilines is 1. The number of benzene rings is 1. The summed E-state index contributed by atoms with van der Waals surface area (Å²) in [6.45, 7) is 1.63. The number of carbonyl (C=O) groups is 3. The summed E-state index contributed by atoms with van der Waals surface area (Å²) >= 11 is 0. The molecule has 1 unspecified atom stereocenters. The van der Waals surface area contributed by atoms with Gasteiger partial charge in [0, 0.05) is 42.2 Å². The van der Waals surface area contributed by atoms with Crippen LogP contribution in [0.15, 0.2) is 28.8 Å². The zero-order valence-electron chi connectivity index (χ0n) is 18.0. The van der Waals surface area contributed by atoms with Crippen molar-refractivity contribution < 1.29 is 23.6 Å². The molecule has 1 aliphatic carbocycles. The standard InChI is InChI=1S/C24H27N3O5/c28-22(25-18-8-9-19-17(11-18)14-31-24(19)30)21-12-20(26-32-21)16-7-4-10-27(13-16)23(29)15-5-2-1-3-6-15/h8-9,11-12,15-16H,1-7,10,13-14H2,(H,25,28). The fourth-order valence-electron chi connectivity index (χ4n) is 5.02. The third-order valence-corrected chi connectivity index (χ3v) is 6.80. The number of hydrogen-bond donors (Lipinski definition) is 1. The largest absolute Gasteiger partial charge is 0.457 e. The quantitative estimate of drug-likeness (QED) is 0.729. The van der Waals surface area contributed by atoms with Crippen molar-refractivity contribution in [1.29, 1.82) is 0 Å². The van der Waals surface area contributed by atoms with Gasteiger partial charge in [-0.3, -0.25) is 9.59 Å². The number of rotatable bonds is 4. The van der Waals surface area contributed by atoms with Gasteiger partial charge in [0.05, 0.1) is 11.3 Å². The SMILES string of the molecule is O=C(Nc1ccc2c(c1)COC2=O)c1cc(C2CCCN(C(=O)C3CCCCC3)C2)no1. The average Bonchev–Trinajstić information content (AvgIpc) is 3.47. The highest BCUT2D eigenvalue weighted by Crippen LogP contribution is 2.31. The highest BCUT2D eigenvalue weighted by molar-refractivity contribution is 6.03. The van der Waals surface area contributed by atoms with E-state index in [9.17, 15) is 14.4 Å². The van der Waals surface area contributed by atoms with Crippen molar-refractivity contribution >= 4 is 23.5 Å². The van der Waals surface area contributed by atoms with E-state index in [1.165, 1.54) is 6.42 Å². The summed E-state index contributed by atoms with van der Waals surface area (Å²) in [5.41, 5.74) is 2.54. The predicted molar refractivity (Wildman–Crippen MR) is 115 cm³/mol. The summed E-state index contributed by atoms with van der Waals surface area (Å²) in [5.74, 6) is -0.112. The summed E-state index contributed by atoms with van der Waals surface area (Å²) in [6, 6.07) is 6.71. The number of ether oxygens (including phenoxy) is 1. The Morgan fingerprint density at radius 3 is 2.75 bits per heavy atom. The Hall–Kier alpha value is -3.16. The lowest BCUT2D eigenvalue weighted by Crippen LogP contribution is -2.42. The number of carbonyl (C=O) groups excluding carboxylic acids is 3. The molecule has 1 saturated carbocycles. The van der Waals surface area contributed by atoms with Crippen LogP contribution in [0.1, 0.15) is 83.0 Å². The second-order valence-electron chi connectivity index (χ2n) is 8.98. The molecule has 0 spiro atoms. The summed E-state index contributed by atoms with van der Waals surface area (Å²) in [7, 11) is 0. The predicted octanol–water partition coefficient (Wildman–Crippen LogP) is 3.88. The van der Waals surface area contributed by atoms with E-state index in [2.05, 4.69) is 10.5 Å².